The second-order valence-corrected chi connectivity index (χ2v) is 7.79. The fourth-order valence-electron chi connectivity index (χ4n) is 3.26. The normalized spacial score (nSPS) is 13.4. The van der Waals surface area contributed by atoms with Gasteiger partial charge in [-0.05, 0) is 54.6 Å². The summed E-state index contributed by atoms with van der Waals surface area (Å²) in [5.74, 6) is -1.31. The first-order valence-corrected chi connectivity index (χ1v) is 10.5. The zero-order valence-corrected chi connectivity index (χ0v) is 18.8. The van der Waals surface area contributed by atoms with Gasteiger partial charge in [0.05, 0.1) is 12.8 Å². The molecule has 1 heterocycles. The van der Waals surface area contributed by atoms with Gasteiger partial charge in [0, 0.05) is 22.0 Å². The molecule has 4 rings (SSSR count). The number of nitrogens with one attached hydrogen (secondary N) is 2. The van der Waals surface area contributed by atoms with Gasteiger partial charge in [0.1, 0.15) is 16.5 Å². The van der Waals surface area contributed by atoms with Crippen LogP contribution in [0.1, 0.15) is 10.4 Å². The molecule has 0 saturated carbocycles. The van der Waals surface area contributed by atoms with Gasteiger partial charge in [-0.25, -0.2) is 4.90 Å². The van der Waals surface area contributed by atoms with E-state index in [4.69, 9.17) is 27.9 Å². The Morgan fingerprint density at radius 2 is 1.61 bits per heavy atom. The Balaban J connectivity index is 1.55. The molecule has 0 radical (unpaired) electrons. The number of carbonyl (C=O) groups excluding carboxylic acids is 3. The minimum absolute atomic E-state index is 0.0946. The lowest BCUT2D eigenvalue weighted by Crippen LogP contribution is -2.32. The molecule has 1 aliphatic heterocycles. The molecule has 0 atom stereocenters. The molecule has 2 N–H and O–H groups in total. The van der Waals surface area contributed by atoms with Crippen molar-refractivity contribution in [2.75, 3.05) is 22.6 Å². The van der Waals surface area contributed by atoms with Crippen molar-refractivity contribution in [2.24, 2.45) is 0 Å². The molecule has 3 aromatic rings. The van der Waals surface area contributed by atoms with Crippen molar-refractivity contribution < 1.29 is 19.1 Å². The van der Waals surface area contributed by atoms with Crippen molar-refractivity contribution >= 4 is 58.0 Å². The first-order valence-electron chi connectivity index (χ1n) is 9.74. The minimum Gasteiger partial charge on any atom is -0.495 e. The molecule has 1 aliphatic rings. The smallest absolute Gasteiger partial charge is 0.283 e. The van der Waals surface area contributed by atoms with Crippen molar-refractivity contribution in [3.63, 3.8) is 0 Å². The van der Waals surface area contributed by atoms with Crippen LogP contribution in [0.3, 0.4) is 0 Å². The Morgan fingerprint density at radius 1 is 0.879 bits per heavy atom. The molecule has 7 nitrogen and oxygen atoms in total. The highest BCUT2D eigenvalue weighted by molar-refractivity contribution is 6.53. The summed E-state index contributed by atoms with van der Waals surface area (Å²) >= 11 is 12.1. The zero-order valence-electron chi connectivity index (χ0n) is 17.3. The van der Waals surface area contributed by atoms with Crippen molar-refractivity contribution in [3.05, 3.63) is 94.1 Å². The maximum atomic E-state index is 13.0. The molecule has 3 aromatic carbocycles. The number of anilines is 3. The summed E-state index contributed by atoms with van der Waals surface area (Å²) in [6, 6.07) is 19.8. The average molecular weight is 482 g/mol. The summed E-state index contributed by atoms with van der Waals surface area (Å²) in [6.45, 7) is 0. The number of hydrogen-bond donors (Lipinski definition) is 2. The molecule has 0 unspecified atom stereocenters. The highest BCUT2D eigenvalue weighted by atomic mass is 35.5. The first-order chi connectivity index (χ1) is 15.9. The van der Waals surface area contributed by atoms with E-state index in [0.717, 1.165) is 4.90 Å². The molecule has 0 saturated heterocycles. The quantitative estimate of drug-likeness (QED) is 0.481. The molecule has 0 aromatic heterocycles. The predicted octanol–water partition coefficient (Wildman–Crippen LogP) is 5.04. The number of amides is 3. The molecular formula is C24H17Cl2N3O4. The van der Waals surface area contributed by atoms with E-state index >= 15 is 0 Å². The molecule has 0 spiro atoms. The fraction of sp³-hybridized carbons (Fsp3) is 0.0417. The Bertz CT molecular complexity index is 1290. The van der Waals surface area contributed by atoms with E-state index in [1.165, 1.54) is 7.11 Å². The third-order valence-corrected chi connectivity index (χ3v) is 5.45. The van der Waals surface area contributed by atoms with Crippen LogP contribution in [0.15, 0.2) is 83.5 Å². The van der Waals surface area contributed by atoms with E-state index in [1.807, 2.05) is 0 Å². The number of para-hydroxylation sites is 2. The van der Waals surface area contributed by atoms with E-state index < -0.39 is 11.8 Å². The number of hydrogen-bond acceptors (Lipinski definition) is 5. The summed E-state index contributed by atoms with van der Waals surface area (Å²) in [6.07, 6.45) is 0. The van der Waals surface area contributed by atoms with E-state index in [0.29, 0.717) is 27.7 Å². The lowest BCUT2D eigenvalue weighted by molar-refractivity contribution is -0.120. The van der Waals surface area contributed by atoms with Crippen LogP contribution in [0.5, 0.6) is 5.75 Å². The Hall–Kier alpha value is -3.81. The van der Waals surface area contributed by atoms with Crippen LogP contribution in [0.2, 0.25) is 5.02 Å². The topological polar surface area (TPSA) is 87.7 Å². The SMILES string of the molecule is COc1ccccc1N1C(=O)C(Cl)=C(Nc2cccc(C(=O)Nc3ccc(Cl)cc3)c2)C1=O. The summed E-state index contributed by atoms with van der Waals surface area (Å²) in [4.78, 5) is 39.3. The highest BCUT2D eigenvalue weighted by Gasteiger charge is 2.40. The van der Waals surface area contributed by atoms with Crippen LogP contribution in [0.4, 0.5) is 17.1 Å². The number of benzene rings is 3. The third-order valence-electron chi connectivity index (χ3n) is 4.85. The van der Waals surface area contributed by atoms with Gasteiger partial charge in [0.25, 0.3) is 17.7 Å². The van der Waals surface area contributed by atoms with Crippen molar-refractivity contribution in [1.82, 2.24) is 0 Å². The molecule has 0 aliphatic carbocycles. The van der Waals surface area contributed by atoms with Gasteiger partial charge in [-0.15, -0.1) is 0 Å². The average Bonchev–Trinajstić information content (AvgIpc) is 3.03. The van der Waals surface area contributed by atoms with Crippen molar-refractivity contribution in [2.45, 2.75) is 0 Å². The number of methoxy groups -OCH3 is 1. The van der Waals surface area contributed by atoms with Gasteiger partial charge in [-0.1, -0.05) is 41.4 Å². The van der Waals surface area contributed by atoms with Gasteiger partial charge in [0.15, 0.2) is 0 Å². The summed E-state index contributed by atoms with van der Waals surface area (Å²) in [5, 5.41) is 5.93. The van der Waals surface area contributed by atoms with Crippen LogP contribution >= 0.6 is 23.2 Å². The third kappa shape index (κ3) is 4.55. The summed E-state index contributed by atoms with van der Waals surface area (Å²) in [7, 11) is 1.44. The van der Waals surface area contributed by atoms with Crippen LogP contribution in [0, 0.1) is 0 Å². The molecule has 9 heteroatoms. The molecule has 166 valence electrons. The number of carbonyl (C=O) groups is 3. The molecule has 3 amide bonds. The Labute approximate surface area is 199 Å². The number of ether oxygens (including phenoxy) is 1. The largest absolute Gasteiger partial charge is 0.495 e. The van der Waals surface area contributed by atoms with Crippen LogP contribution in [0.25, 0.3) is 0 Å². The van der Waals surface area contributed by atoms with E-state index in [2.05, 4.69) is 10.6 Å². The summed E-state index contributed by atoms with van der Waals surface area (Å²) in [5.41, 5.74) is 1.52. The number of imide groups is 1. The second-order valence-electron chi connectivity index (χ2n) is 6.97. The van der Waals surface area contributed by atoms with Gasteiger partial charge in [-0.3, -0.25) is 14.4 Å². The monoisotopic (exact) mass is 481 g/mol. The minimum atomic E-state index is -0.676. The zero-order chi connectivity index (χ0) is 23.5. The second kappa shape index (κ2) is 9.36. The molecule has 33 heavy (non-hydrogen) atoms. The number of rotatable bonds is 6. The van der Waals surface area contributed by atoms with Crippen molar-refractivity contribution in [1.29, 1.82) is 0 Å². The van der Waals surface area contributed by atoms with Gasteiger partial charge >= 0.3 is 0 Å². The molecule has 0 bridgehead atoms. The van der Waals surface area contributed by atoms with Gasteiger partial charge in [0.2, 0.25) is 0 Å². The van der Waals surface area contributed by atoms with E-state index in [-0.39, 0.29) is 22.3 Å². The Kier molecular flexibility index (Phi) is 6.35. The first kappa shape index (κ1) is 22.4. The van der Waals surface area contributed by atoms with E-state index in [9.17, 15) is 14.4 Å². The summed E-state index contributed by atoms with van der Waals surface area (Å²) < 4.78 is 5.26. The molecule has 0 fully saturated rings. The maximum Gasteiger partial charge on any atom is 0.283 e. The molecular weight excluding hydrogens is 465 g/mol. The predicted molar refractivity (Wildman–Crippen MR) is 128 cm³/mol. The maximum absolute atomic E-state index is 13.0. The van der Waals surface area contributed by atoms with Crippen LogP contribution in [-0.4, -0.2) is 24.8 Å². The fourth-order valence-corrected chi connectivity index (χ4v) is 3.60. The van der Waals surface area contributed by atoms with Crippen molar-refractivity contribution in [3.8, 4) is 5.75 Å². The number of nitrogens with zero attached hydrogens (tertiary/aromatic N) is 1. The highest BCUT2D eigenvalue weighted by Crippen LogP contribution is 2.35. The van der Waals surface area contributed by atoms with Gasteiger partial charge < -0.3 is 15.4 Å². The van der Waals surface area contributed by atoms with Crippen LogP contribution < -0.4 is 20.3 Å². The van der Waals surface area contributed by atoms with Gasteiger partial charge in [-0.2, -0.15) is 0 Å². The van der Waals surface area contributed by atoms with E-state index in [1.54, 1.807) is 72.8 Å². The Morgan fingerprint density at radius 3 is 2.33 bits per heavy atom. The lowest BCUT2D eigenvalue weighted by atomic mass is 10.1. The lowest BCUT2D eigenvalue weighted by Gasteiger charge is -2.18. The van der Waals surface area contributed by atoms with Crippen LogP contribution in [-0.2, 0) is 9.59 Å². The number of halogens is 2. The standard InChI is InChI=1S/C24H17Cl2N3O4/c1-33-19-8-3-2-7-18(19)29-23(31)20(26)21(24(29)32)27-17-6-4-5-14(13-17)22(30)28-16-11-9-15(25)10-12-16/h2-13,27H,1H3,(H,28,30).